The van der Waals surface area contributed by atoms with E-state index in [2.05, 4.69) is 5.32 Å². The molecule has 0 aromatic rings. The van der Waals surface area contributed by atoms with Crippen LogP contribution in [0, 0.1) is 0 Å². The molecule has 0 radical (unpaired) electrons. The molecular weight excluding hydrogens is 274 g/mol. The van der Waals surface area contributed by atoms with Crippen LogP contribution in [-0.2, 0) is 10.2 Å². The topological polar surface area (TPSA) is 52.7 Å². The Bertz CT molecular complexity index is 374. The average molecular weight is 303 g/mol. The highest BCUT2D eigenvalue weighted by Gasteiger charge is 2.31. The fourth-order valence-corrected chi connectivity index (χ4v) is 4.96. The highest BCUT2D eigenvalue weighted by molar-refractivity contribution is 7.86. The molecule has 118 valence electrons. The van der Waals surface area contributed by atoms with Crippen LogP contribution in [0.25, 0.3) is 0 Å². The molecule has 5 nitrogen and oxygen atoms in total. The van der Waals surface area contributed by atoms with Crippen molar-refractivity contribution < 1.29 is 8.42 Å². The summed E-state index contributed by atoms with van der Waals surface area (Å²) >= 11 is 0. The van der Waals surface area contributed by atoms with Gasteiger partial charge in [0.15, 0.2) is 0 Å². The molecule has 2 aliphatic heterocycles. The van der Waals surface area contributed by atoms with Gasteiger partial charge in [0, 0.05) is 32.2 Å². The fourth-order valence-electron chi connectivity index (χ4n) is 3.13. The Morgan fingerprint density at radius 1 is 1.15 bits per heavy atom. The summed E-state index contributed by atoms with van der Waals surface area (Å²) in [6.45, 7) is 5.73. The number of rotatable bonds is 6. The van der Waals surface area contributed by atoms with Crippen LogP contribution in [0.4, 0.5) is 0 Å². The SMILES string of the molecule is CCCN(CC1CCCCN1)S(=O)(=O)N1CCCCC1. The molecule has 20 heavy (non-hydrogen) atoms. The Labute approximate surface area is 123 Å². The summed E-state index contributed by atoms with van der Waals surface area (Å²) in [5.74, 6) is 0. The maximum Gasteiger partial charge on any atom is 0.282 e. The highest BCUT2D eigenvalue weighted by atomic mass is 32.2. The third-order valence-corrected chi connectivity index (χ3v) is 6.28. The zero-order chi connectivity index (χ0) is 14.4. The number of hydrogen-bond acceptors (Lipinski definition) is 3. The van der Waals surface area contributed by atoms with Crippen LogP contribution >= 0.6 is 0 Å². The van der Waals surface area contributed by atoms with Crippen molar-refractivity contribution in [1.29, 1.82) is 0 Å². The van der Waals surface area contributed by atoms with E-state index < -0.39 is 10.2 Å². The Kier molecular flexibility index (Phi) is 6.26. The summed E-state index contributed by atoms with van der Waals surface area (Å²) in [7, 11) is -3.26. The van der Waals surface area contributed by atoms with Crippen molar-refractivity contribution >= 4 is 10.2 Å². The molecule has 2 saturated heterocycles. The van der Waals surface area contributed by atoms with Crippen LogP contribution in [0.2, 0.25) is 0 Å². The molecule has 1 unspecified atom stereocenters. The zero-order valence-corrected chi connectivity index (χ0v) is 13.5. The van der Waals surface area contributed by atoms with Gasteiger partial charge in [-0.25, -0.2) is 0 Å². The number of nitrogens with one attached hydrogen (secondary N) is 1. The van der Waals surface area contributed by atoms with E-state index in [0.29, 0.717) is 32.2 Å². The molecule has 6 heteroatoms. The van der Waals surface area contributed by atoms with Crippen molar-refractivity contribution in [3.8, 4) is 0 Å². The van der Waals surface area contributed by atoms with E-state index in [1.165, 1.54) is 12.8 Å². The molecule has 2 aliphatic rings. The predicted molar refractivity (Wildman–Crippen MR) is 81.8 cm³/mol. The zero-order valence-electron chi connectivity index (χ0n) is 12.7. The van der Waals surface area contributed by atoms with Crippen molar-refractivity contribution in [1.82, 2.24) is 13.9 Å². The largest absolute Gasteiger partial charge is 0.313 e. The second kappa shape index (κ2) is 7.73. The van der Waals surface area contributed by atoms with Gasteiger partial charge < -0.3 is 5.32 Å². The van der Waals surface area contributed by atoms with Crippen molar-refractivity contribution in [3.63, 3.8) is 0 Å². The van der Waals surface area contributed by atoms with Gasteiger partial charge in [-0.1, -0.05) is 19.8 Å². The van der Waals surface area contributed by atoms with E-state index in [4.69, 9.17) is 0 Å². The quantitative estimate of drug-likeness (QED) is 0.810. The van der Waals surface area contributed by atoms with Gasteiger partial charge in [-0.3, -0.25) is 0 Å². The first-order chi connectivity index (χ1) is 9.64. The van der Waals surface area contributed by atoms with Crippen molar-refractivity contribution in [2.75, 3.05) is 32.7 Å². The van der Waals surface area contributed by atoms with Crippen molar-refractivity contribution in [3.05, 3.63) is 0 Å². The summed E-state index contributed by atoms with van der Waals surface area (Å²) in [5.41, 5.74) is 0. The number of piperidine rings is 2. The van der Waals surface area contributed by atoms with Gasteiger partial charge in [0.25, 0.3) is 10.2 Å². The monoisotopic (exact) mass is 303 g/mol. The average Bonchev–Trinajstić information content (AvgIpc) is 2.49. The molecule has 1 atom stereocenters. The fraction of sp³-hybridized carbons (Fsp3) is 1.00. The Morgan fingerprint density at radius 2 is 1.90 bits per heavy atom. The maximum atomic E-state index is 12.8. The lowest BCUT2D eigenvalue weighted by atomic mass is 10.1. The lowest BCUT2D eigenvalue weighted by Crippen LogP contribution is -2.51. The number of hydrogen-bond donors (Lipinski definition) is 1. The van der Waals surface area contributed by atoms with E-state index in [0.717, 1.165) is 38.6 Å². The van der Waals surface area contributed by atoms with Gasteiger partial charge in [-0.2, -0.15) is 17.0 Å². The Balaban J connectivity index is 2.01. The predicted octanol–water partition coefficient (Wildman–Crippen LogP) is 1.57. The van der Waals surface area contributed by atoms with Crippen LogP contribution in [-0.4, -0.2) is 55.8 Å². The molecule has 0 amide bonds. The maximum absolute atomic E-state index is 12.8. The van der Waals surface area contributed by atoms with Crippen LogP contribution in [0.3, 0.4) is 0 Å². The normalized spacial score (nSPS) is 26.0. The highest BCUT2D eigenvalue weighted by Crippen LogP contribution is 2.18. The molecule has 2 fully saturated rings. The molecule has 0 aliphatic carbocycles. The standard InChI is InChI=1S/C14H29N3O2S/c1-2-10-17(13-14-8-4-5-9-15-14)20(18,19)16-11-6-3-7-12-16/h14-15H,2-13H2,1H3. The van der Waals surface area contributed by atoms with Crippen molar-refractivity contribution in [2.45, 2.75) is 57.9 Å². The van der Waals surface area contributed by atoms with Gasteiger partial charge in [0.1, 0.15) is 0 Å². The second-order valence-electron chi connectivity index (χ2n) is 5.97. The Morgan fingerprint density at radius 3 is 2.50 bits per heavy atom. The first kappa shape index (κ1) is 16.2. The molecular formula is C14H29N3O2S. The van der Waals surface area contributed by atoms with E-state index in [1.54, 1.807) is 8.61 Å². The molecule has 0 saturated carbocycles. The molecule has 1 N–H and O–H groups in total. The van der Waals surface area contributed by atoms with E-state index in [-0.39, 0.29) is 0 Å². The summed E-state index contributed by atoms with van der Waals surface area (Å²) in [4.78, 5) is 0. The lowest BCUT2D eigenvalue weighted by Gasteiger charge is -2.35. The molecule has 2 heterocycles. The third-order valence-electron chi connectivity index (χ3n) is 4.28. The first-order valence-electron chi connectivity index (χ1n) is 8.13. The summed E-state index contributed by atoms with van der Waals surface area (Å²) in [6, 6.07) is 0.329. The molecule has 0 aromatic heterocycles. The number of nitrogens with zero attached hydrogens (tertiary/aromatic N) is 2. The molecule has 0 bridgehead atoms. The molecule has 0 spiro atoms. The Hall–Kier alpha value is -0.170. The smallest absolute Gasteiger partial charge is 0.282 e. The van der Waals surface area contributed by atoms with Crippen LogP contribution in [0.5, 0.6) is 0 Å². The minimum Gasteiger partial charge on any atom is -0.313 e. The third kappa shape index (κ3) is 4.16. The van der Waals surface area contributed by atoms with Crippen molar-refractivity contribution in [2.24, 2.45) is 0 Å². The van der Waals surface area contributed by atoms with Gasteiger partial charge in [0.05, 0.1) is 0 Å². The first-order valence-corrected chi connectivity index (χ1v) is 9.53. The van der Waals surface area contributed by atoms with Crippen LogP contribution < -0.4 is 5.32 Å². The van der Waals surface area contributed by atoms with Gasteiger partial charge in [-0.05, 0) is 38.6 Å². The van der Waals surface area contributed by atoms with Gasteiger partial charge in [-0.15, -0.1) is 0 Å². The molecule has 2 rings (SSSR count). The van der Waals surface area contributed by atoms with E-state index in [9.17, 15) is 8.42 Å². The van der Waals surface area contributed by atoms with Crippen LogP contribution in [0.15, 0.2) is 0 Å². The van der Waals surface area contributed by atoms with Crippen LogP contribution in [0.1, 0.15) is 51.9 Å². The van der Waals surface area contributed by atoms with Gasteiger partial charge >= 0.3 is 0 Å². The van der Waals surface area contributed by atoms with E-state index >= 15 is 0 Å². The summed E-state index contributed by atoms with van der Waals surface area (Å²) in [5, 5.41) is 3.46. The summed E-state index contributed by atoms with van der Waals surface area (Å²) in [6.07, 6.45) is 7.55. The van der Waals surface area contributed by atoms with Gasteiger partial charge in [0.2, 0.25) is 0 Å². The minimum atomic E-state index is -3.26. The minimum absolute atomic E-state index is 0.329. The second-order valence-corrected chi connectivity index (χ2v) is 7.90. The summed E-state index contributed by atoms with van der Waals surface area (Å²) < 4.78 is 28.9. The van der Waals surface area contributed by atoms with E-state index in [1.807, 2.05) is 6.92 Å². The molecule has 0 aromatic carbocycles. The lowest BCUT2D eigenvalue weighted by molar-refractivity contribution is 0.273.